The Morgan fingerprint density at radius 2 is 2.03 bits per heavy atom. The van der Waals surface area contributed by atoms with Crippen LogP contribution in [0, 0.1) is 5.41 Å². The van der Waals surface area contributed by atoms with Crippen molar-refractivity contribution in [3.8, 4) is 5.75 Å². The molecule has 7 heteroatoms. The topological polar surface area (TPSA) is 79.0 Å². The number of rotatable bonds is 5. The molecule has 3 amide bonds. The van der Waals surface area contributed by atoms with Crippen LogP contribution in [0.3, 0.4) is 0 Å². The van der Waals surface area contributed by atoms with E-state index in [0.717, 1.165) is 37.2 Å². The van der Waals surface area contributed by atoms with Crippen molar-refractivity contribution in [1.29, 1.82) is 0 Å². The Hall–Kier alpha value is -2.41. The van der Waals surface area contributed by atoms with Crippen LogP contribution < -0.4 is 10.1 Å². The van der Waals surface area contributed by atoms with Gasteiger partial charge in [-0.25, -0.2) is 0 Å². The van der Waals surface area contributed by atoms with Crippen molar-refractivity contribution in [3.05, 3.63) is 29.3 Å². The number of likely N-dealkylation sites (tertiary alicyclic amines) is 1. The summed E-state index contributed by atoms with van der Waals surface area (Å²) >= 11 is 0. The van der Waals surface area contributed by atoms with E-state index in [9.17, 15) is 14.4 Å². The summed E-state index contributed by atoms with van der Waals surface area (Å²) in [5, 5.41) is 2.35. The largest absolute Gasteiger partial charge is 0.489 e. The van der Waals surface area contributed by atoms with Gasteiger partial charge in [0.25, 0.3) is 5.91 Å². The molecular formula is C24H33N3O4. The Morgan fingerprint density at radius 1 is 1.26 bits per heavy atom. The van der Waals surface area contributed by atoms with Gasteiger partial charge in [0.2, 0.25) is 11.8 Å². The van der Waals surface area contributed by atoms with Crippen molar-refractivity contribution in [2.75, 3.05) is 13.1 Å². The van der Waals surface area contributed by atoms with E-state index >= 15 is 0 Å². The number of carbonyl (C=O) groups is 3. The predicted octanol–water partition coefficient (Wildman–Crippen LogP) is 2.73. The molecule has 4 rings (SSSR count). The van der Waals surface area contributed by atoms with Crippen molar-refractivity contribution in [2.45, 2.75) is 78.1 Å². The van der Waals surface area contributed by atoms with Crippen LogP contribution >= 0.6 is 0 Å². The van der Waals surface area contributed by atoms with Crippen LogP contribution in [0.15, 0.2) is 18.2 Å². The zero-order valence-corrected chi connectivity index (χ0v) is 18.9. The van der Waals surface area contributed by atoms with Gasteiger partial charge in [-0.05, 0) is 56.5 Å². The first-order chi connectivity index (χ1) is 14.7. The smallest absolute Gasteiger partial charge is 0.255 e. The fourth-order valence-corrected chi connectivity index (χ4v) is 4.79. The Morgan fingerprint density at radius 3 is 2.74 bits per heavy atom. The molecule has 0 aliphatic carbocycles. The molecule has 0 radical (unpaired) electrons. The van der Waals surface area contributed by atoms with E-state index in [1.165, 1.54) is 0 Å². The lowest BCUT2D eigenvalue weighted by atomic mass is 9.79. The number of nitrogens with one attached hydrogen (secondary N) is 1. The molecule has 3 aliphatic rings. The van der Waals surface area contributed by atoms with Crippen LogP contribution in [-0.2, 0) is 16.1 Å². The van der Waals surface area contributed by atoms with Crippen molar-refractivity contribution in [2.24, 2.45) is 5.41 Å². The summed E-state index contributed by atoms with van der Waals surface area (Å²) in [7, 11) is 0. The minimum Gasteiger partial charge on any atom is -0.489 e. The summed E-state index contributed by atoms with van der Waals surface area (Å²) < 4.78 is 6.48. The molecule has 31 heavy (non-hydrogen) atoms. The number of fused-ring (bicyclic) bond motifs is 1. The van der Waals surface area contributed by atoms with Gasteiger partial charge in [0.15, 0.2) is 0 Å². The number of ether oxygens (including phenoxy) is 1. The third-order valence-electron chi connectivity index (χ3n) is 7.30. The quantitative estimate of drug-likeness (QED) is 0.731. The van der Waals surface area contributed by atoms with Crippen LogP contribution in [0.5, 0.6) is 5.75 Å². The van der Waals surface area contributed by atoms with Crippen molar-refractivity contribution in [3.63, 3.8) is 0 Å². The summed E-state index contributed by atoms with van der Waals surface area (Å²) in [5.41, 5.74) is 1.55. The summed E-state index contributed by atoms with van der Waals surface area (Å²) in [6, 6.07) is 5.55. The van der Waals surface area contributed by atoms with Crippen LogP contribution in [0.1, 0.15) is 69.3 Å². The molecule has 7 nitrogen and oxygen atoms in total. The van der Waals surface area contributed by atoms with Gasteiger partial charge in [-0.3, -0.25) is 24.6 Å². The van der Waals surface area contributed by atoms with Gasteiger partial charge in [-0.1, -0.05) is 20.8 Å². The number of amides is 3. The molecule has 1 aromatic carbocycles. The molecule has 2 saturated heterocycles. The Balaban J connectivity index is 1.49. The normalized spacial score (nSPS) is 27.1. The van der Waals surface area contributed by atoms with Gasteiger partial charge in [-0.2, -0.15) is 0 Å². The highest BCUT2D eigenvalue weighted by molar-refractivity contribution is 6.05. The molecule has 1 N–H and O–H groups in total. The lowest BCUT2D eigenvalue weighted by Gasteiger charge is -2.45. The molecule has 168 valence electrons. The van der Waals surface area contributed by atoms with Crippen LogP contribution in [0.2, 0.25) is 0 Å². The summed E-state index contributed by atoms with van der Waals surface area (Å²) in [4.78, 5) is 40.7. The zero-order chi connectivity index (χ0) is 22.3. The highest BCUT2D eigenvalue weighted by Crippen LogP contribution is 2.36. The third kappa shape index (κ3) is 4.20. The van der Waals surface area contributed by atoms with Gasteiger partial charge in [0, 0.05) is 36.5 Å². The summed E-state index contributed by atoms with van der Waals surface area (Å²) in [6.45, 7) is 11.3. The first-order valence-electron chi connectivity index (χ1n) is 11.4. The molecule has 2 unspecified atom stereocenters. The number of piperidine rings is 2. The highest BCUT2D eigenvalue weighted by atomic mass is 16.5. The van der Waals surface area contributed by atoms with Gasteiger partial charge in [0.1, 0.15) is 17.9 Å². The number of hydrogen-bond donors (Lipinski definition) is 1. The fraction of sp³-hybridized carbons (Fsp3) is 0.625. The van der Waals surface area contributed by atoms with Gasteiger partial charge in [0.05, 0.1) is 0 Å². The minimum absolute atomic E-state index is 0.0663. The molecule has 2 fully saturated rings. The van der Waals surface area contributed by atoms with E-state index in [1.807, 2.05) is 12.1 Å². The van der Waals surface area contributed by atoms with E-state index in [0.29, 0.717) is 24.6 Å². The average molecular weight is 428 g/mol. The Kier molecular flexibility index (Phi) is 5.81. The molecular weight excluding hydrogens is 394 g/mol. The highest BCUT2D eigenvalue weighted by Gasteiger charge is 2.40. The second-order valence-corrected chi connectivity index (χ2v) is 9.82. The minimum atomic E-state index is -0.594. The summed E-state index contributed by atoms with van der Waals surface area (Å²) in [5.74, 6) is -0.0525. The zero-order valence-electron chi connectivity index (χ0n) is 18.9. The van der Waals surface area contributed by atoms with Crippen molar-refractivity contribution < 1.29 is 19.1 Å². The molecule has 0 bridgehead atoms. The molecule has 0 saturated carbocycles. The second-order valence-electron chi connectivity index (χ2n) is 9.82. The second kappa shape index (κ2) is 8.26. The fourth-order valence-electron chi connectivity index (χ4n) is 4.79. The molecule has 1 aromatic rings. The SMILES string of the molecule is CC[C@H](C)N1CCC(C)(C)C(Oc2ccc3c(c2)CN(C2CCC(=O)NC2=O)C3=O)C1. The molecule has 3 aliphatic heterocycles. The van der Waals surface area contributed by atoms with Crippen molar-refractivity contribution in [1.82, 2.24) is 15.1 Å². The molecule has 3 atom stereocenters. The maximum atomic E-state index is 12.9. The van der Waals surface area contributed by atoms with E-state index in [1.54, 1.807) is 11.0 Å². The molecule has 0 aromatic heterocycles. The Bertz CT molecular complexity index is 897. The maximum absolute atomic E-state index is 12.9. The number of nitrogens with zero attached hydrogens (tertiary/aromatic N) is 2. The predicted molar refractivity (Wildman–Crippen MR) is 117 cm³/mol. The lowest BCUT2D eigenvalue weighted by molar-refractivity contribution is -0.136. The molecule has 0 spiro atoms. The first kappa shape index (κ1) is 21.8. The standard InChI is InChI=1S/C24H33N3O4/c1-5-15(2)26-11-10-24(3,4)20(14-26)31-17-6-7-18-16(12-17)13-27(23(18)30)19-8-9-21(28)25-22(19)29/h6-7,12,15,19-20H,5,8-11,13-14H2,1-4H3,(H,25,28,29)/t15-,19?,20?/m0/s1. The lowest BCUT2D eigenvalue weighted by Crippen LogP contribution is -2.53. The van der Waals surface area contributed by atoms with Crippen LogP contribution in [0.25, 0.3) is 0 Å². The monoisotopic (exact) mass is 427 g/mol. The maximum Gasteiger partial charge on any atom is 0.255 e. The van der Waals surface area contributed by atoms with Crippen LogP contribution in [-0.4, -0.2) is 58.8 Å². The first-order valence-corrected chi connectivity index (χ1v) is 11.4. The third-order valence-corrected chi connectivity index (χ3v) is 7.30. The molecule has 3 heterocycles. The van der Waals surface area contributed by atoms with Gasteiger partial charge < -0.3 is 9.64 Å². The number of imide groups is 1. The number of carbonyl (C=O) groups excluding carboxylic acids is 3. The Labute approximate surface area is 184 Å². The van der Waals surface area contributed by atoms with E-state index < -0.39 is 6.04 Å². The van der Waals surface area contributed by atoms with Gasteiger partial charge >= 0.3 is 0 Å². The van der Waals surface area contributed by atoms with Crippen molar-refractivity contribution >= 4 is 17.7 Å². The summed E-state index contributed by atoms with van der Waals surface area (Å²) in [6.07, 6.45) is 2.89. The van der Waals surface area contributed by atoms with E-state index in [2.05, 4.69) is 37.9 Å². The van der Waals surface area contributed by atoms with Gasteiger partial charge in [-0.15, -0.1) is 0 Å². The van der Waals surface area contributed by atoms with E-state index in [-0.39, 0.29) is 35.7 Å². The van der Waals surface area contributed by atoms with Crippen LogP contribution in [0.4, 0.5) is 0 Å². The van der Waals surface area contributed by atoms with E-state index in [4.69, 9.17) is 4.74 Å². The number of hydrogen-bond acceptors (Lipinski definition) is 5. The number of benzene rings is 1. The average Bonchev–Trinajstić information content (AvgIpc) is 3.04.